The highest BCUT2D eigenvalue weighted by Crippen LogP contribution is 2.53. The van der Waals surface area contributed by atoms with E-state index in [0.717, 1.165) is 11.1 Å². The van der Waals surface area contributed by atoms with Crippen molar-refractivity contribution < 1.29 is 23.8 Å². The molecule has 35 heavy (non-hydrogen) atoms. The highest BCUT2D eigenvalue weighted by Gasteiger charge is 2.66. The van der Waals surface area contributed by atoms with Crippen molar-refractivity contribution in [2.75, 3.05) is 32.2 Å². The van der Waals surface area contributed by atoms with Crippen molar-refractivity contribution in [2.45, 2.75) is 18.6 Å². The minimum atomic E-state index is -1.06. The summed E-state index contributed by atoms with van der Waals surface area (Å²) in [5.74, 6) is 1.04. The zero-order valence-electron chi connectivity index (χ0n) is 19.7. The van der Waals surface area contributed by atoms with E-state index in [1.807, 2.05) is 49.4 Å². The number of carbonyl (C=O) groups excluding carboxylic acids is 2. The number of amides is 2. The van der Waals surface area contributed by atoms with Crippen LogP contribution in [-0.2, 0) is 15.1 Å². The third kappa shape index (κ3) is 3.49. The molecule has 0 aliphatic carbocycles. The number of fused-ring (bicyclic) bond motifs is 3. The van der Waals surface area contributed by atoms with Gasteiger partial charge in [0, 0.05) is 41.0 Å². The summed E-state index contributed by atoms with van der Waals surface area (Å²) in [5, 5.41) is 0.505. The number of β-lactam (4-membered cyclic amide) rings is 1. The van der Waals surface area contributed by atoms with Crippen molar-refractivity contribution in [1.29, 1.82) is 0 Å². The highest BCUT2D eigenvalue weighted by atomic mass is 35.5. The Balaban J connectivity index is 1.74. The molecule has 1 fully saturated rings. The van der Waals surface area contributed by atoms with Crippen LogP contribution in [0.4, 0.5) is 5.69 Å². The molecule has 0 spiro atoms. The van der Waals surface area contributed by atoms with Gasteiger partial charge < -0.3 is 24.0 Å². The first-order chi connectivity index (χ1) is 16.9. The fourth-order valence-electron chi connectivity index (χ4n) is 5.09. The van der Waals surface area contributed by atoms with Crippen molar-refractivity contribution >= 4 is 29.1 Å². The number of hydrogen-bond acceptors (Lipinski definition) is 5. The highest BCUT2D eigenvalue weighted by molar-refractivity contribution is 6.30. The van der Waals surface area contributed by atoms with Crippen LogP contribution in [-0.4, -0.2) is 50.1 Å². The van der Waals surface area contributed by atoms with Crippen LogP contribution in [0.25, 0.3) is 0 Å². The van der Waals surface area contributed by atoms with Crippen LogP contribution in [0.5, 0.6) is 17.2 Å². The fourth-order valence-corrected chi connectivity index (χ4v) is 5.26. The number of hydrogen-bond donors (Lipinski definition) is 0. The Kier molecular flexibility index (Phi) is 5.81. The molecule has 3 aromatic carbocycles. The quantitative estimate of drug-likeness (QED) is 0.481. The van der Waals surface area contributed by atoms with Gasteiger partial charge in [0.2, 0.25) is 12.0 Å². The van der Waals surface area contributed by atoms with Gasteiger partial charge in [-0.3, -0.25) is 9.59 Å². The van der Waals surface area contributed by atoms with Crippen molar-refractivity contribution in [3.05, 3.63) is 82.9 Å². The molecule has 2 atom stereocenters. The van der Waals surface area contributed by atoms with Crippen molar-refractivity contribution in [2.24, 2.45) is 0 Å². The number of ether oxygens (including phenoxy) is 3. The Labute approximate surface area is 208 Å². The maximum absolute atomic E-state index is 13.6. The number of carbonyl (C=O) groups is 2. The van der Waals surface area contributed by atoms with E-state index in [4.69, 9.17) is 25.8 Å². The lowest BCUT2D eigenvalue weighted by molar-refractivity contribution is -0.177. The fraction of sp³-hybridized carbons (Fsp3) is 0.259. The Hall–Kier alpha value is -3.71. The third-order valence-electron chi connectivity index (χ3n) is 6.66. The molecule has 7 nitrogen and oxygen atoms in total. The molecule has 0 saturated carbocycles. The first kappa shape index (κ1) is 23.1. The molecule has 1 saturated heterocycles. The van der Waals surface area contributed by atoms with Crippen LogP contribution in [0.3, 0.4) is 0 Å². The van der Waals surface area contributed by atoms with Crippen LogP contribution in [0, 0.1) is 0 Å². The molecule has 2 aliphatic rings. The Bertz CT molecular complexity index is 1280. The molecule has 0 N–H and O–H groups in total. The maximum atomic E-state index is 13.6. The predicted octanol–water partition coefficient (Wildman–Crippen LogP) is 4.26. The van der Waals surface area contributed by atoms with Gasteiger partial charge in [0.1, 0.15) is 29.3 Å². The van der Waals surface area contributed by atoms with E-state index in [0.29, 0.717) is 34.5 Å². The molecular weight excluding hydrogens is 468 g/mol. The second-order valence-corrected chi connectivity index (χ2v) is 8.84. The number of anilines is 1. The average molecular weight is 493 g/mol. The topological polar surface area (TPSA) is 68.3 Å². The van der Waals surface area contributed by atoms with Crippen molar-refractivity contribution in [3.63, 3.8) is 0 Å². The van der Waals surface area contributed by atoms with Gasteiger partial charge in [-0.2, -0.15) is 0 Å². The molecule has 0 unspecified atom stereocenters. The van der Waals surface area contributed by atoms with Crippen molar-refractivity contribution in [1.82, 2.24) is 4.90 Å². The van der Waals surface area contributed by atoms with Gasteiger partial charge >= 0.3 is 0 Å². The maximum Gasteiger partial charge on any atom is 0.268 e. The van der Waals surface area contributed by atoms with Gasteiger partial charge in [0.25, 0.3) is 5.91 Å². The Morgan fingerprint density at radius 2 is 1.60 bits per heavy atom. The lowest BCUT2D eigenvalue weighted by Gasteiger charge is -2.56. The smallest absolute Gasteiger partial charge is 0.268 e. The van der Waals surface area contributed by atoms with E-state index in [9.17, 15) is 9.59 Å². The largest absolute Gasteiger partial charge is 0.496 e. The molecular formula is C27H25ClN2O5. The van der Waals surface area contributed by atoms with E-state index in [1.54, 1.807) is 48.3 Å². The van der Waals surface area contributed by atoms with Crippen LogP contribution in [0.15, 0.2) is 66.7 Å². The summed E-state index contributed by atoms with van der Waals surface area (Å²) in [6, 6.07) is 20.2. The molecule has 2 amide bonds. The molecule has 2 aliphatic heterocycles. The summed E-state index contributed by atoms with van der Waals surface area (Å²) < 4.78 is 17.2. The number of halogens is 1. The minimum absolute atomic E-state index is 0.0742. The SMILES string of the molecule is CCN1C(=O)CN2C(=O)[C@@H](Oc3cc(OC)cc(OC)c3)[C@@]2(c2ccccc2)c2cc(Cl)ccc21. The summed E-state index contributed by atoms with van der Waals surface area (Å²) in [6.45, 7) is 2.29. The van der Waals surface area contributed by atoms with E-state index >= 15 is 0 Å². The molecule has 2 heterocycles. The second-order valence-electron chi connectivity index (χ2n) is 8.40. The Morgan fingerprint density at radius 1 is 0.943 bits per heavy atom. The van der Waals surface area contributed by atoms with Gasteiger partial charge in [-0.05, 0) is 30.7 Å². The number of nitrogens with zero attached hydrogens (tertiary/aromatic N) is 2. The first-order valence-electron chi connectivity index (χ1n) is 11.3. The van der Waals surface area contributed by atoms with Gasteiger partial charge in [-0.1, -0.05) is 41.9 Å². The molecule has 180 valence electrons. The number of rotatable bonds is 6. The minimum Gasteiger partial charge on any atom is -0.496 e. The van der Waals surface area contributed by atoms with E-state index in [-0.39, 0.29) is 18.4 Å². The van der Waals surface area contributed by atoms with Gasteiger partial charge in [-0.15, -0.1) is 0 Å². The van der Waals surface area contributed by atoms with Crippen molar-refractivity contribution in [3.8, 4) is 17.2 Å². The van der Waals surface area contributed by atoms with Crippen LogP contribution >= 0.6 is 11.6 Å². The lowest BCUT2D eigenvalue weighted by Crippen LogP contribution is -2.74. The molecule has 0 aromatic heterocycles. The van der Waals surface area contributed by atoms with Crippen LogP contribution < -0.4 is 19.1 Å². The zero-order valence-corrected chi connectivity index (χ0v) is 20.4. The van der Waals surface area contributed by atoms with Gasteiger partial charge in [-0.25, -0.2) is 0 Å². The third-order valence-corrected chi connectivity index (χ3v) is 6.89. The summed E-state index contributed by atoms with van der Waals surface area (Å²) in [7, 11) is 3.10. The monoisotopic (exact) mass is 492 g/mol. The van der Waals surface area contributed by atoms with E-state index in [2.05, 4.69) is 0 Å². The van der Waals surface area contributed by atoms with Crippen LogP contribution in [0.1, 0.15) is 18.1 Å². The predicted molar refractivity (Wildman–Crippen MR) is 132 cm³/mol. The molecule has 8 heteroatoms. The lowest BCUT2D eigenvalue weighted by atomic mass is 9.69. The average Bonchev–Trinajstić information content (AvgIpc) is 2.98. The molecule has 3 aromatic rings. The number of likely N-dealkylation sites (N-methyl/N-ethyl adjacent to an activating group) is 1. The summed E-state index contributed by atoms with van der Waals surface area (Å²) in [6.07, 6.45) is -0.941. The first-order valence-corrected chi connectivity index (χ1v) is 11.7. The molecule has 0 radical (unpaired) electrons. The van der Waals surface area contributed by atoms with Gasteiger partial charge in [0.15, 0.2) is 0 Å². The number of methoxy groups -OCH3 is 2. The number of benzene rings is 3. The summed E-state index contributed by atoms with van der Waals surface area (Å²) in [4.78, 5) is 30.2. The molecule has 0 bridgehead atoms. The molecule has 5 rings (SSSR count). The van der Waals surface area contributed by atoms with E-state index < -0.39 is 11.6 Å². The Morgan fingerprint density at radius 3 is 2.23 bits per heavy atom. The summed E-state index contributed by atoms with van der Waals surface area (Å²) >= 11 is 6.49. The normalized spacial score (nSPS) is 21.0. The second kappa shape index (κ2) is 8.82. The standard InChI is InChI=1S/C27H25ClN2O5/c1-4-29-23-11-10-18(28)12-22(23)27(17-8-6-5-7-9-17)25(26(32)30(27)16-24(29)31)35-21-14-19(33-2)13-20(15-21)34-3/h5-15,25H,4,16H2,1-3H3/t25-,27-/m1/s1. The zero-order chi connectivity index (χ0) is 24.7. The van der Waals surface area contributed by atoms with Gasteiger partial charge in [0.05, 0.1) is 14.2 Å². The van der Waals surface area contributed by atoms with Crippen LogP contribution in [0.2, 0.25) is 5.02 Å². The van der Waals surface area contributed by atoms with E-state index in [1.165, 1.54) is 0 Å². The summed E-state index contributed by atoms with van der Waals surface area (Å²) in [5.41, 5.74) is 1.21.